The maximum Gasteiger partial charge on any atom is 0.243 e. The molecule has 0 bridgehead atoms. The van der Waals surface area contributed by atoms with Crippen LogP contribution in [-0.2, 0) is 16.6 Å². The van der Waals surface area contributed by atoms with Gasteiger partial charge in [-0.05, 0) is 52.4 Å². The fourth-order valence-corrected chi connectivity index (χ4v) is 4.49. The number of nitrogens with one attached hydrogen (secondary N) is 1. The van der Waals surface area contributed by atoms with E-state index in [1.807, 2.05) is 26.0 Å². The molecule has 0 heterocycles. The third-order valence-corrected chi connectivity index (χ3v) is 6.30. The van der Waals surface area contributed by atoms with Crippen molar-refractivity contribution in [3.8, 4) is 0 Å². The molecule has 0 radical (unpaired) electrons. The average molecular weight is 375 g/mol. The Morgan fingerprint density at radius 2 is 2.05 bits per heavy atom. The number of sulfonamides is 1. The van der Waals surface area contributed by atoms with Crippen LogP contribution in [0.1, 0.15) is 32.3 Å². The largest absolute Gasteiger partial charge is 0.310 e. The number of halogens is 1. The molecule has 2 rings (SSSR count). The van der Waals surface area contributed by atoms with Crippen LogP contribution < -0.4 is 5.32 Å². The van der Waals surface area contributed by atoms with Crippen molar-refractivity contribution >= 4 is 26.0 Å². The summed E-state index contributed by atoms with van der Waals surface area (Å²) in [5, 5.41) is 3.41. The summed E-state index contributed by atoms with van der Waals surface area (Å²) in [6, 6.07) is 6.16. The normalized spacial score (nSPS) is 15.9. The van der Waals surface area contributed by atoms with Gasteiger partial charge >= 0.3 is 0 Å². The highest BCUT2D eigenvalue weighted by atomic mass is 79.9. The molecule has 0 saturated heterocycles. The molecule has 1 aromatic rings. The molecule has 0 aromatic heterocycles. The van der Waals surface area contributed by atoms with Crippen LogP contribution in [0.2, 0.25) is 0 Å². The summed E-state index contributed by atoms with van der Waals surface area (Å²) in [7, 11) is -1.82. The van der Waals surface area contributed by atoms with Crippen molar-refractivity contribution in [1.29, 1.82) is 0 Å². The maximum absolute atomic E-state index is 12.7. The van der Waals surface area contributed by atoms with Crippen molar-refractivity contribution in [1.82, 2.24) is 9.62 Å². The number of hydrogen-bond donors (Lipinski definition) is 1. The fourth-order valence-electron chi connectivity index (χ4n) is 2.19. The summed E-state index contributed by atoms with van der Waals surface area (Å²) in [5.74, 6) is 0.295. The Morgan fingerprint density at radius 3 is 2.62 bits per heavy atom. The Bertz CT molecular complexity index is 598. The predicted octanol–water partition coefficient (Wildman–Crippen LogP) is 2.98. The first kappa shape index (κ1) is 16.9. The van der Waals surface area contributed by atoms with Crippen LogP contribution in [0.25, 0.3) is 0 Å². The Balaban J connectivity index is 2.21. The molecule has 0 aliphatic heterocycles. The second-order valence-corrected chi connectivity index (χ2v) is 8.97. The van der Waals surface area contributed by atoms with Gasteiger partial charge in [0.05, 0.1) is 4.90 Å². The summed E-state index contributed by atoms with van der Waals surface area (Å²) in [6.45, 7) is 5.25. The second-order valence-electron chi connectivity index (χ2n) is 6.10. The number of benzene rings is 1. The molecular formula is C15H23BrN2O2S. The van der Waals surface area contributed by atoms with Gasteiger partial charge in [-0.1, -0.05) is 19.9 Å². The quantitative estimate of drug-likeness (QED) is 0.797. The fraction of sp³-hybridized carbons (Fsp3) is 0.600. The van der Waals surface area contributed by atoms with Gasteiger partial charge in [0.2, 0.25) is 10.0 Å². The predicted molar refractivity (Wildman–Crippen MR) is 88.7 cm³/mol. The zero-order chi connectivity index (χ0) is 15.6. The van der Waals surface area contributed by atoms with Crippen molar-refractivity contribution < 1.29 is 8.42 Å². The molecule has 4 nitrogen and oxygen atoms in total. The van der Waals surface area contributed by atoms with E-state index >= 15 is 0 Å². The average Bonchev–Trinajstić information content (AvgIpc) is 3.20. The summed E-state index contributed by atoms with van der Waals surface area (Å²) in [5.41, 5.74) is 1.00. The van der Waals surface area contributed by atoms with Crippen LogP contribution in [0.15, 0.2) is 27.6 Å². The second kappa shape index (κ2) is 6.77. The van der Waals surface area contributed by atoms with E-state index in [2.05, 4.69) is 21.2 Å². The van der Waals surface area contributed by atoms with Gasteiger partial charge in [-0.25, -0.2) is 12.7 Å². The minimum Gasteiger partial charge on any atom is -0.310 e. The van der Waals surface area contributed by atoms with E-state index in [0.717, 1.165) is 5.56 Å². The highest BCUT2D eigenvalue weighted by Crippen LogP contribution is 2.27. The van der Waals surface area contributed by atoms with Crippen molar-refractivity contribution in [2.45, 2.75) is 44.2 Å². The summed E-state index contributed by atoms with van der Waals surface area (Å²) in [6.07, 6.45) is 2.44. The molecular weight excluding hydrogens is 352 g/mol. The number of rotatable bonds is 7. The van der Waals surface area contributed by atoms with Gasteiger partial charge in [-0.2, -0.15) is 0 Å². The zero-order valence-electron chi connectivity index (χ0n) is 12.8. The van der Waals surface area contributed by atoms with E-state index in [1.165, 1.54) is 17.1 Å². The van der Waals surface area contributed by atoms with Crippen molar-refractivity contribution in [3.05, 3.63) is 28.2 Å². The monoisotopic (exact) mass is 374 g/mol. The van der Waals surface area contributed by atoms with Crippen LogP contribution in [-0.4, -0.2) is 32.4 Å². The van der Waals surface area contributed by atoms with Crippen LogP contribution in [0, 0.1) is 5.92 Å². The lowest BCUT2D eigenvalue weighted by molar-refractivity contribution is 0.417. The van der Waals surface area contributed by atoms with Gasteiger partial charge in [0, 0.05) is 30.7 Å². The van der Waals surface area contributed by atoms with Crippen molar-refractivity contribution in [2.24, 2.45) is 5.92 Å². The Kier molecular flexibility index (Phi) is 5.46. The third kappa shape index (κ3) is 4.52. The van der Waals surface area contributed by atoms with Crippen LogP contribution in [0.4, 0.5) is 0 Å². The molecule has 0 atom stereocenters. The van der Waals surface area contributed by atoms with E-state index in [0.29, 0.717) is 34.4 Å². The SMILES string of the molecule is CC(C)CN(C)S(=O)(=O)c1cc(CNC2CC2)ccc1Br. The number of hydrogen-bond acceptors (Lipinski definition) is 3. The molecule has 0 spiro atoms. The number of nitrogens with zero attached hydrogens (tertiary/aromatic N) is 1. The van der Waals surface area contributed by atoms with E-state index in [-0.39, 0.29) is 0 Å². The van der Waals surface area contributed by atoms with Gasteiger partial charge in [0.25, 0.3) is 0 Å². The van der Waals surface area contributed by atoms with E-state index < -0.39 is 10.0 Å². The minimum atomic E-state index is -3.45. The molecule has 118 valence electrons. The molecule has 1 N–H and O–H groups in total. The summed E-state index contributed by atoms with van der Waals surface area (Å²) >= 11 is 3.37. The molecule has 6 heteroatoms. The van der Waals surface area contributed by atoms with Gasteiger partial charge < -0.3 is 5.32 Å². The van der Waals surface area contributed by atoms with E-state index in [4.69, 9.17) is 0 Å². The molecule has 1 fully saturated rings. The molecule has 1 aliphatic rings. The van der Waals surface area contributed by atoms with Crippen LogP contribution in [0.5, 0.6) is 0 Å². The highest BCUT2D eigenvalue weighted by molar-refractivity contribution is 9.10. The zero-order valence-corrected chi connectivity index (χ0v) is 15.2. The third-order valence-electron chi connectivity index (χ3n) is 3.48. The lowest BCUT2D eigenvalue weighted by atomic mass is 10.2. The lowest BCUT2D eigenvalue weighted by Crippen LogP contribution is -2.30. The van der Waals surface area contributed by atoms with Crippen molar-refractivity contribution in [3.63, 3.8) is 0 Å². The lowest BCUT2D eigenvalue weighted by Gasteiger charge is -2.20. The first-order valence-corrected chi connectivity index (χ1v) is 9.52. The summed E-state index contributed by atoms with van der Waals surface area (Å²) < 4.78 is 27.4. The van der Waals surface area contributed by atoms with Gasteiger partial charge in [0.15, 0.2) is 0 Å². The Morgan fingerprint density at radius 1 is 1.38 bits per heavy atom. The highest BCUT2D eigenvalue weighted by Gasteiger charge is 2.25. The van der Waals surface area contributed by atoms with E-state index in [9.17, 15) is 8.42 Å². The summed E-state index contributed by atoms with van der Waals surface area (Å²) in [4.78, 5) is 0.348. The Labute approximate surface area is 136 Å². The van der Waals surface area contributed by atoms with Crippen LogP contribution in [0.3, 0.4) is 0 Å². The minimum absolute atomic E-state index is 0.295. The topological polar surface area (TPSA) is 49.4 Å². The first-order chi connectivity index (χ1) is 9.80. The van der Waals surface area contributed by atoms with Crippen LogP contribution >= 0.6 is 15.9 Å². The maximum atomic E-state index is 12.7. The standard InChI is InChI=1S/C15H23BrN2O2S/c1-11(2)10-18(3)21(19,20)15-8-12(4-7-14(15)16)9-17-13-5-6-13/h4,7-8,11,13,17H,5-6,9-10H2,1-3H3. The molecule has 1 aromatic carbocycles. The van der Waals surface area contributed by atoms with Crippen molar-refractivity contribution in [2.75, 3.05) is 13.6 Å². The molecule has 1 saturated carbocycles. The molecule has 0 amide bonds. The molecule has 0 unspecified atom stereocenters. The van der Waals surface area contributed by atoms with Gasteiger partial charge in [-0.3, -0.25) is 0 Å². The van der Waals surface area contributed by atoms with Gasteiger partial charge in [-0.15, -0.1) is 0 Å². The smallest absolute Gasteiger partial charge is 0.243 e. The Hall–Kier alpha value is -0.430. The molecule has 21 heavy (non-hydrogen) atoms. The molecule has 1 aliphatic carbocycles. The van der Waals surface area contributed by atoms with E-state index in [1.54, 1.807) is 13.1 Å². The first-order valence-electron chi connectivity index (χ1n) is 7.29. The van der Waals surface area contributed by atoms with Gasteiger partial charge in [0.1, 0.15) is 0 Å².